The Hall–Kier alpha value is 0.490. The molecule has 0 unspecified atom stereocenters. The van der Waals surface area contributed by atoms with Crippen LogP contribution in [0.3, 0.4) is 0 Å². The van der Waals surface area contributed by atoms with Crippen molar-refractivity contribution in [2.75, 3.05) is 4.43 Å². The lowest BCUT2D eigenvalue weighted by molar-refractivity contribution is -0.133. The third-order valence-electron chi connectivity index (χ3n) is 0.165. The van der Waals surface area contributed by atoms with E-state index < -0.39 is 26.0 Å². The lowest BCUT2D eigenvalue weighted by atomic mass is 10.9. The lowest BCUT2D eigenvalue weighted by Crippen LogP contribution is -1.93. The Labute approximate surface area is 49.5 Å². The molecule has 0 saturated carbocycles. The summed E-state index contributed by atoms with van der Waals surface area (Å²) in [5, 5.41) is 7.86. The molecule has 0 fully saturated rings. The highest BCUT2D eigenvalue weighted by molar-refractivity contribution is 14.2. The molecule has 6 heavy (non-hydrogen) atoms. The number of alkyl halides is 1. The van der Waals surface area contributed by atoms with Crippen molar-refractivity contribution in [3.8, 4) is 0 Å². The molecule has 0 amide bonds. The van der Waals surface area contributed by atoms with Crippen molar-refractivity contribution in [2.45, 2.75) is 0 Å². The minimum absolute atomic E-state index is 0.167. The zero-order valence-corrected chi connectivity index (χ0v) is 5.73. The van der Waals surface area contributed by atoms with Crippen LogP contribution in [0.2, 0.25) is 0 Å². The van der Waals surface area contributed by atoms with Crippen molar-refractivity contribution < 1.29 is 9.90 Å². The SMILES string of the molecule is O=C(O)C[I]Cl. The number of carbonyl (C=O) groups is 1. The Kier molecular flexibility index (Phi) is 3.97. The van der Waals surface area contributed by atoms with Crippen LogP contribution in [0.15, 0.2) is 0 Å². The average molecular weight is 221 g/mol. The molecule has 37 valence electrons. The maximum atomic E-state index is 9.54. The first-order chi connectivity index (χ1) is 2.77. The summed E-state index contributed by atoms with van der Waals surface area (Å²) in [4.78, 5) is 9.54. The maximum Gasteiger partial charge on any atom is 0.313 e. The van der Waals surface area contributed by atoms with Crippen LogP contribution in [0.5, 0.6) is 0 Å². The molecule has 0 bridgehead atoms. The molecule has 0 aliphatic rings. The van der Waals surface area contributed by atoms with Crippen molar-refractivity contribution in [3.05, 3.63) is 0 Å². The highest BCUT2D eigenvalue weighted by Gasteiger charge is 1.90. The van der Waals surface area contributed by atoms with E-state index in [9.17, 15) is 4.79 Å². The summed E-state index contributed by atoms with van der Waals surface area (Å²) in [5.74, 6) is -0.794. The minimum atomic E-state index is -0.794. The van der Waals surface area contributed by atoms with Crippen molar-refractivity contribution in [3.63, 3.8) is 0 Å². The van der Waals surface area contributed by atoms with E-state index in [-0.39, 0.29) is 4.43 Å². The number of halogens is 2. The molecule has 0 aliphatic carbocycles. The van der Waals surface area contributed by atoms with Crippen molar-refractivity contribution in [1.29, 1.82) is 0 Å². The van der Waals surface area contributed by atoms with Crippen LogP contribution in [-0.4, -0.2) is 15.5 Å². The third kappa shape index (κ3) is 4.49. The van der Waals surface area contributed by atoms with Gasteiger partial charge in [0.15, 0.2) is 0 Å². The Morgan fingerprint density at radius 3 is 2.50 bits per heavy atom. The zero-order valence-electron chi connectivity index (χ0n) is 2.82. The van der Waals surface area contributed by atoms with Gasteiger partial charge in [-0.05, 0) is 20.1 Å². The Bertz CT molecular complexity index is 55.5. The van der Waals surface area contributed by atoms with Crippen LogP contribution in [0.1, 0.15) is 0 Å². The second-order valence-electron chi connectivity index (χ2n) is 0.628. The van der Waals surface area contributed by atoms with E-state index in [1.165, 1.54) is 0 Å². The van der Waals surface area contributed by atoms with Gasteiger partial charge in [0.1, 0.15) is 4.43 Å². The first-order valence-electron chi connectivity index (χ1n) is 1.19. The summed E-state index contributed by atoms with van der Waals surface area (Å²) in [6.07, 6.45) is 0. The summed E-state index contributed by atoms with van der Waals surface area (Å²) in [7, 11) is 5.13. The molecule has 1 radical (unpaired) electrons. The number of aliphatic carboxylic acids is 1. The Morgan fingerprint density at radius 1 is 2.00 bits per heavy atom. The first kappa shape index (κ1) is 6.49. The highest BCUT2D eigenvalue weighted by Crippen LogP contribution is 2.14. The normalized spacial score (nSPS) is 8.17. The lowest BCUT2D eigenvalue weighted by Gasteiger charge is -1.77. The molecule has 0 spiro atoms. The van der Waals surface area contributed by atoms with Gasteiger partial charge in [-0.15, -0.1) is 0 Å². The number of carboxylic acids is 1. The van der Waals surface area contributed by atoms with Gasteiger partial charge in [0.2, 0.25) is 0 Å². The van der Waals surface area contributed by atoms with Crippen LogP contribution >= 0.6 is 29.0 Å². The number of hydrogen-bond donors (Lipinski definition) is 1. The quantitative estimate of drug-likeness (QED) is 0.562. The molecular formula is C2H3ClIO2. The monoisotopic (exact) mass is 221 g/mol. The fraction of sp³-hybridized carbons (Fsp3) is 0.500. The maximum absolute atomic E-state index is 9.54. The van der Waals surface area contributed by atoms with Gasteiger partial charge in [-0.1, -0.05) is 8.91 Å². The smallest absolute Gasteiger partial charge is 0.313 e. The summed E-state index contributed by atoms with van der Waals surface area (Å²) >= 11 is -0.560. The van der Waals surface area contributed by atoms with E-state index in [0.29, 0.717) is 0 Å². The molecule has 0 heterocycles. The molecule has 0 aliphatic heterocycles. The van der Waals surface area contributed by atoms with E-state index in [1.54, 1.807) is 0 Å². The topological polar surface area (TPSA) is 37.3 Å². The standard InChI is InChI=1S/C2H3ClIO2/c3-4-1-2(5)6/h1H2,(H,5,6). The van der Waals surface area contributed by atoms with Gasteiger partial charge in [-0.25, -0.2) is 0 Å². The molecule has 1 N–H and O–H groups in total. The fourth-order valence-corrected chi connectivity index (χ4v) is 0.870. The molecule has 0 rings (SSSR count). The summed E-state index contributed by atoms with van der Waals surface area (Å²) in [6, 6.07) is 0. The van der Waals surface area contributed by atoms with Gasteiger partial charge < -0.3 is 5.11 Å². The van der Waals surface area contributed by atoms with Crippen molar-refractivity contribution in [2.24, 2.45) is 0 Å². The van der Waals surface area contributed by atoms with E-state index in [0.717, 1.165) is 0 Å². The molecular weight excluding hydrogens is 218 g/mol. The van der Waals surface area contributed by atoms with Gasteiger partial charge in [0.25, 0.3) is 0 Å². The van der Waals surface area contributed by atoms with Crippen LogP contribution in [0, 0.1) is 0 Å². The molecule has 4 heteroatoms. The molecule has 0 aromatic carbocycles. The van der Waals surface area contributed by atoms with E-state index in [2.05, 4.69) is 0 Å². The van der Waals surface area contributed by atoms with Gasteiger partial charge in [0, 0.05) is 0 Å². The summed E-state index contributed by atoms with van der Waals surface area (Å²) < 4.78 is 0.167. The van der Waals surface area contributed by atoms with Crippen LogP contribution < -0.4 is 0 Å². The van der Waals surface area contributed by atoms with Gasteiger partial charge in [-0.3, -0.25) is 4.79 Å². The Morgan fingerprint density at radius 2 is 2.50 bits per heavy atom. The molecule has 2 nitrogen and oxygen atoms in total. The summed E-state index contributed by atoms with van der Waals surface area (Å²) in [6.45, 7) is 0. The zero-order chi connectivity index (χ0) is 4.99. The van der Waals surface area contributed by atoms with Crippen LogP contribution in [0.4, 0.5) is 0 Å². The Balaban J connectivity index is 2.83. The second-order valence-corrected chi connectivity index (χ2v) is 3.32. The fourth-order valence-electron chi connectivity index (χ4n) is 0.0432. The molecule has 0 aromatic rings. The number of rotatable bonds is 2. The second kappa shape index (κ2) is 3.67. The number of hydrogen-bond acceptors (Lipinski definition) is 1. The largest absolute Gasteiger partial charge is 0.481 e. The number of carboxylic acid groups (broad SMARTS) is 1. The van der Waals surface area contributed by atoms with Gasteiger partial charge >= 0.3 is 5.97 Å². The summed E-state index contributed by atoms with van der Waals surface area (Å²) in [5.41, 5.74) is 0. The molecule has 0 atom stereocenters. The van der Waals surface area contributed by atoms with Gasteiger partial charge in [0.05, 0.1) is 0 Å². The first-order valence-corrected chi connectivity index (χ1v) is 5.45. The highest BCUT2D eigenvalue weighted by atomic mass is 127. The van der Waals surface area contributed by atoms with E-state index in [1.807, 2.05) is 0 Å². The van der Waals surface area contributed by atoms with Crippen molar-refractivity contribution >= 4 is 35.0 Å². The van der Waals surface area contributed by atoms with Crippen LogP contribution in [-0.2, 0) is 4.79 Å². The molecule has 0 aromatic heterocycles. The van der Waals surface area contributed by atoms with Crippen molar-refractivity contribution in [1.82, 2.24) is 0 Å². The predicted octanol–water partition coefficient (Wildman–Crippen LogP) is 1.20. The van der Waals surface area contributed by atoms with E-state index >= 15 is 0 Å². The van der Waals surface area contributed by atoms with Gasteiger partial charge in [-0.2, -0.15) is 0 Å². The third-order valence-corrected chi connectivity index (χ3v) is 1.78. The minimum Gasteiger partial charge on any atom is -0.481 e. The average Bonchev–Trinajstić information content (AvgIpc) is 1.35. The predicted molar refractivity (Wildman–Crippen MR) is 32.4 cm³/mol. The molecule has 0 saturated heterocycles. The van der Waals surface area contributed by atoms with E-state index in [4.69, 9.17) is 14.0 Å². The van der Waals surface area contributed by atoms with Crippen LogP contribution in [0.25, 0.3) is 0 Å².